The van der Waals surface area contributed by atoms with Gasteiger partial charge in [-0.15, -0.1) is 0 Å². The van der Waals surface area contributed by atoms with Crippen LogP contribution in [0.15, 0.2) is 11.2 Å². The van der Waals surface area contributed by atoms with Crippen LogP contribution in [0.25, 0.3) is 10.4 Å². The van der Waals surface area contributed by atoms with Crippen LogP contribution < -0.4 is 5.32 Å². The first-order chi connectivity index (χ1) is 7.63. The standard InChI is InChI=1S/C9H14N6O/c1-7-5-8(2)15(13-7)6-9(16)11-3-4-12-14-10/h5H,3-4,6H2,1-2H3,(H,11,16). The van der Waals surface area contributed by atoms with E-state index in [1.54, 1.807) is 4.68 Å². The molecule has 16 heavy (non-hydrogen) atoms. The van der Waals surface area contributed by atoms with E-state index in [4.69, 9.17) is 5.53 Å². The summed E-state index contributed by atoms with van der Waals surface area (Å²) in [4.78, 5) is 14.0. The molecule has 0 saturated carbocycles. The summed E-state index contributed by atoms with van der Waals surface area (Å²) in [5.41, 5.74) is 9.87. The first-order valence-electron chi connectivity index (χ1n) is 4.92. The molecule has 0 aliphatic rings. The van der Waals surface area contributed by atoms with Gasteiger partial charge in [0.25, 0.3) is 0 Å². The number of aryl methyl sites for hydroxylation is 2. The van der Waals surface area contributed by atoms with Gasteiger partial charge in [-0.2, -0.15) is 5.10 Å². The lowest BCUT2D eigenvalue weighted by Gasteiger charge is -2.04. The minimum absolute atomic E-state index is 0.140. The minimum atomic E-state index is -0.140. The van der Waals surface area contributed by atoms with Crippen LogP contribution in [0.2, 0.25) is 0 Å². The van der Waals surface area contributed by atoms with Crippen molar-refractivity contribution in [3.05, 3.63) is 27.9 Å². The summed E-state index contributed by atoms with van der Waals surface area (Å²) in [6.07, 6.45) is 0. The van der Waals surface area contributed by atoms with Gasteiger partial charge < -0.3 is 5.32 Å². The number of aromatic nitrogens is 2. The van der Waals surface area contributed by atoms with E-state index in [9.17, 15) is 4.79 Å². The lowest BCUT2D eigenvalue weighted by atomic mass is 10.4. The molecular formula is C9H14N6O. The number of nitrogens with zero attached hydrogens (tertiary/aromatic N) is 5. The quantitative estimate of drug-likeness (QED) is 0.347. The number of hydrogen-bond acceptors (Lipinski definition) is 3. The molecule has 1 N–H and O–H groups in total. The molecule has 1 aromatic rings. The van der Waals surface area contributed by atoms with Crippen molar-refractivity contribution in [3.63, 3.8) is 0 Å². The predicted octanol–water partition coefficient (Wildman–Crippen LogP) is 0.926. The molecule has 0 atom stereocenters. The molecule has 7 nitrogen and oxygen atoms in total. The highest BCUT2D eigenvalue weighted by atomic mass is 16.2. The third kappa shape index (κ3) is 3.62. The molecule has 86 valence electrons. The fraction of sp³-hybridized carbons (Fsp3) is 0.556. The smallest absolute Gasteiger partial charge is 0.241 e. The number of carbonyl (C=O) groups is 1. The highest BCUT2D eigenvalue weighted by Crippen LogP contribution is 2.00. The second-order valence-electron chi connectivity index (χ2n) is 3.39. The maximum absolute atomic E-state index is 11.4. The second kappa shape index (κ2) is 5.77. The molecule has 1 rings (SSSR count). The summed E-state index contributed by atoms with van der Waals surface area (Å²) >= 11 is 0. The number of hydrogen-bond donors (Lipinski definition) is 1. The van der Waals surface area contributed by atoms with Crippen LogP contribution in [0, 0.1) is 13.8 Å². The largest absolute Gasteiger partial charge is 0.354 e. The van der Waals surface area contributed by atoms with Crippen LogP contribution in [0.4, 0.5) is 0 Å². The number of rotatable bonds is 5. The van der Waals surface area contributed by atoms with Crippen LogP contribution >= 0.6 is 0 Å². The first-order valence-corrected chi connectivity index (χ1v) is 4.92. The van der Waals surface area contributed by atoms with E-state index >= 15 is 0 Å². The van der Waals surface area contributed by atoms with Gasteiger partial charge in [-0.05, 0) is 25.4 Å². The highest BCUT2D eigenvalue weighted by Gasteiger charge is 2.05. The maximum atomic E-state index is 11.4. The summed E-state index contributed by atoms with van der Waals surface area (Å²) in [5.74, 6) is -0.140. The van der Waals surface area contributed by atoms with Gasteiger partial charge >= 0.3 is 0 Å². The molecule has 0 spiro atoms. The van der Waals surface area contributed by atoms with Gasteiger partial charge in [0.15, 0.2) is 0 Å². The Morgan fingerprint density at radius 3 is 3.00 bits per heavy atom. The van der Waals surface area contributed by atoms with Crippen molar-refractivity contribution in [3.8, 4) is 0 Å². The summed E-state index contributed by atoms with van der Waals surface area (Å²) in [6, 6.07) is 1.91. The molecule has 0 aliphatic carbocycles. The molecular weight excluding hydrogens is 208 g/mol. The summed E-state index contributed by atoms with van der Waals surface area (Å²) in [5, 5.41) is 10.1. The van der Waals surface area contributed by atoms with Gasteiger partial charge in [0.2, 0.25) is 5.91 Å². The third-order valence-corrected chi connectivity index (χ3v) is 1.99. The Labute approximate surface area is 93.1 Å². The van der Waals surface area contributed by atoms with Gasteiger partial charge in [0, 0.05) is 23.7 Å². The monoisotopic (exact) mass is 222 g/mol. The van der Waals surface area contributed by atoms with Crippen LogP contribution in [0.1, 0.15) is 11.4 Å². The van der Waals surface area contributed by atoms with Gasteiger partial charge in [0.1, 0.15) is 6.54 Å². The van der Waals surface area contributed by atoms with Gasteiger partial charge in [-0.25, -0.2) is 0 Å². The molecule has 1 amide bonds. The molecule has 0 unspecified atom stereocenters. The summed E-state index contributed by atoms with van der Waals surface area (Å²) < 4.78 is 1.64. The summed E-state index contributed by atoms with van der Waals surface area (Å²) in [7, 11) is 0. The molecule has 0 saturated heterocycles. The van der Waals surface area contributed by atoms with Crippen LogP contribution in [0.5, 0.6) is 0 Å². The average molecular weight is 222 g/mol. The fourth-order valence-electron chi connectivity index (χ4n) is 1.32. The van der Waals surface area contributed by atoms with E-state index in [0.29, 0.717) is 6.54 Å². The Hall–Kier alpha value is -2.01. The number of carbonyl (C=O) groups excluding carboxylic acids is 1. The van der Waals surface area contributed by atoms with E-state index in [0.717, 1.165) is 11.4 Å². The highest BCUT2D eigenvalue weighted by molar-refractivity contribution is 5.75. The lowest BCUT2D eigenvalue weighted by molar-refractivity contribution is -0.121. The summed E-state index contributed by atoms with van der Waals surface area (Å²) in [6.45, 7) is 4.58. The maximum Gasteiger partial charge on any atom is 0.241 e. The Morgan fingerprint density at radius 1 is 1.69 bits per heavy atom. The zero-order valence-corrected chi connectivity index (χ0v) is 9.34. The molecule has 0 radical (unpaired) electrons. The predicted molar refractivity (Wildman–Crippen MR) is 58.7 cm³/mol. The minimum Gasteiger partial charge on any atom is -0.354 e. The van der Waals surface area contributed by atoms with Crippen LogP contribution in [0.3, 0.4) is 0 Å². The zero-order valence-electron chi connectivity index (χ0n) is 9.34. The molecule has 0 aliphatic heterocycles. The van der Waals surface area contributed by atoms with Crippen molar-refractivity contribution < 1.29 is 4.79 Å². The molecule has 0 fully saturated rings. The SMILES string of the molecule is Cc1cc(C)n(CC(=O)NCCN=[N+]=[N-])n1. The molecule has 1 heterocycles. The average Bonchev–Trinajstić information content (AvgIpc) is 2.52. The topological polar surface area (TPSA) is 95.7 Å². The molecule has 0 bridgehead atoms. The van der Waals surface area contributed by atoms with Crippen molar-refractivity contribution in [2.45, 2.75) is 20.4 Å². The second-order valence-corrected chi connectivity index (χ2v) is 3.39. The number of azide groups is 1. The van der Waals surface area contributed by atoms with E-state index in [1.807, 2.05) is 19.9 Å². The molecule has 1 aromatic heterocycles. The van der Waals surface area contributed by atoms with Crippen molar-refractivity contribution >= 4 is 5.91 Å². The Morgan fingerprint density at radius 2 is 2.44 bits per heavy atom. The zero-order chi connectivity index (χ0) is 12.0. The Kier molecular flexibility index (Phi) is 4.35. The Balaban J connectivity index is 2.39. The fourth-order valence-corrected chi connectivity index (χ4v) is 1.32. The van der Waals surface area contributed by atoms with Crippen LogP contribution in [-0.2, 0) is 11.3 Å². The van der Waals surface area contributed by atoms with Crippen molar-refractivity contribution in [1.82, 2.24) is 15.1 Å². The van der Waals surface area contributed by atoms with Gasteiger partial charge in [-0.3, -0.25) is 9.48 Å². The van der Waals surface area contributed by atoms with Gasteiger partial charge in [-0.1, -0.05) is 5.11 Å². The first kappa shape index (κ1) is 12.1. The van der Waals surface area contributed by atoms with Crippen molar-refractivity contribution in [1.29, 1.82) is 0 Å². The van der Waals surface area contributed by atoms with Crippen molar-refractivity contribution in [2.24, 2.45) is 5.11 Å². The van der Waals surface area contributed by atoms with Crippen LogP contribution in [-0.4, -0.2) is 28.8 Å². The Bertz CT molecular complexity index is 418. The van der Waals surface area contributed by atoms with E-state index in [1.165, 1.54) is 0 Å². The van der Waals surface area contributed by atoms with E-state index in [2.05, 4.69) is 20.4 Å². The van der Waals surface area contributed by atoms with E-state index in [-0.39, 0.29) is 19.0 Å². The third-order valence-electron chi connectivity index (χ3n) is 1.99. The normalized spacial score (nSPS) is 9.62. The molecule has 7 heteroatoms. The molecule has 0 aromatic carbocycles. The number of amides is 1. The lowest BCUT2D eigenvalue weighted by Crippen LogP contribution is -2.30. The van der Waals surface area contributed by atoms with Crippen molar-refractivity contribution in [2.75, 3.05) is 13.1 Å². The van der Waals surface area contributed by atoms with E-state index < -0.39 is 0 Å². The number of nitrogens with one attached hydrogen (secondary N) is 1. The van der Waals surface area contributed by atoms with Gasteiger partial charge in [0.05, 0.1) is 5.69 Å².